The van der Waals surface area contributed by atoms with Crippen LogP contribution in [0, 0.1) is 0 Å². The quantitative estimate of drug-likeness (QED) is 0.656. The number of aryl methyl sites for hydroxylation is 1. The number of carbonyl (C=O) groups excluding carboxylic acids is 2. The van der Waals surface area contributed by atoms with E-state index in [1.54, 1.807) is 43.3 Å². The van der Waals surface area contributed by atoms with Crippen LogP contribution in [0.2, 0.25) is 10.0 Å². The predicted octanol–water partition coefficient (Wildman–Crippen LogP) is 2.80. The number of rotatable bonds is 3. The second-order valence-corrected chi connectivity index (χ2v) is 6.31. The standard InChI is InChI=1S/C18H14Cl2N4O3/c1-2-24-18(27)11-7-4-3-6-10(11)15(23-24)17(26)22-21-16(25)12-8-5-9-13(19)14(12)20/h3-9H,2H2,1H3,(H,21,25)(H,22,26). The summed E-state index contributed by atoms with van der Waals surface area (Å²) in [4.78, 5) is 37.1. The number of hydrogen-bond acceptors (Lipinski definition) is 4. The van der Waals surface area contributed by atoms with Crippen molar-refractivity contribution in [2.75, 3.05) is 0 Å². The van der Waals surface area contributed by atoms with Crippen molar-refractivity contribution in [3.05, 3.63) is 74.1 Å². The molecule has 27 heavy (non-hydrogen) atoms. The topological polar surface area (TPSA) is 93.1 Å². The molecule has 1 heterocycles. The van der Waals surface area contributed by atoms with Gasteiger partial charge in [0.25, 0.3) is 17.4 Å². The number of hydrogen-bond donors (Lipinski definition) is 2. The maximum Gasteiger partial charge on any atom is 0.290 e. The largest absolute Gasteiger partial charge is 0.290 e. The fourth-order valence-corrected chi connectivity index (χ4v) is 2.92. The molecule has 0 spiro atoms. The van der Waals surface area contributed by atoms with Gasteiger partial charge in [-0.3, -0.25) is 25.2 Å². The zero-order valence-corrected chi connectivity index (χ0v) is 15.6. The summed E-state index contributed by atoms with van der Waals surface area (Å²) in [5.74, 6) is -1.30. The first-order valence-electron chi connectivity index (χ1n) is 7.98. The highest BCUT2D eigenvalue weighted by molar-refractivity contribution is 6.43. The Kier molecular flexibility index (Phi) is 5.43. The Bertz CT molecular complexity index is 1110. The molecule has 1 aromatic heterocycles. The van der Waals surface area contributed by atoms with Crippen molar-refractivity contribution in [2.45, 2.75) is 13.5 Å². The van der Waals surface area contributed by atoms with E-state index in [2.05, 4.69) is 16.0 Å². The van der Waals surface area contributed by atoms with Gasteiger partial charge in [-0.05, 0) is 25.1 Å². The van der Waals surface area contributed by atoms with Gasteiger partial charge in [-0.2, -0.15) is 5.10 Å². The molecule has 3 rings (SSSR count). The van der Waals surface area contributed by atoms with Gasteiger partial charge in [0.05, 0.1) is 21.0 Å². The van der Waals surface area contributed by atoms with Crippen LogP contribution in [-0.4, -0.2) is 21.6 Å². The zero-order valence-electron chi connectivity index (χ0n) is 14.1. The summed E-state index contributed by atoms with van der Waals surface area (Å²) in [5.41, 5.74) is 4.40. The van der Waals surface area contributed by atoms with Gasteiger partial charge in [0.1, 0.15) is 0 Å². The Morgan fingerprint density at radius 2 is 1.67 bits per heavy atom. The molecule has 138 valence electrons. The van der Waals surface area contributed by atoms with Gasteiger partial charge < -0.3 is 0 Å². The summed E-state index contributed by atoms with van der Waals surface area (Å²) >= 11 is 11.9. The average Bonchev–Trinajstić information content (AvgIpc) is 2.68. The Balaban J connectivity index is 1.89. The molecule has 0 bridgehead atoms. The van der Waals surface area contributed by atoms with E-state index < -0.39 is 11.8 Å². The monoisotopic (exact) mass is 404 g/mol. The van der Waals surface area contributed by atoms with E-state index in [0.717, 1.165) is 0 Å². The van der Waals surface area contributed by atoms with E-state index in [1.807, 2.05) is 0 Å². The van der Waals surface area contributed by atoms with Crippen LogP contribution in [0.3, 0.4) is 0 Å². The lowest BCUT2D eigenvalue weighted by atomic mass is 10.1. The van der Waals surface area contributed by atoms with E-state index in [9.17, 15) is 14.4 Å². The van der Waals surface area contributed by atoms with Crippen LogP contribution in [0.25, 0.3) is 10.8 Å². The number of nitrogens with zero attached hydrogens (tertiary/aromatic N) is 2. The minimum atomic E-state index is -0.667. The van der Waals surface area contributed by atoms with Crippen LogP contribution in [0.4, 0.5) is 0 Å². The molecule has 0 aliphatic carbocycles. The highest BCUT2D eigenvalue weighted by atomic mass is 35.5. The normalized spacial score (nSPS) is 10.6. The molecule has 0 radical (unpaired) electrons. The number of amides is 2. The molecule has 0 unspecified atom stereocenters. The van der Waals surface area contributed by atoms with Crippen LogP contribution in [0.5, 0.6) is 0 Å². The van der Waals surface area contributed by atoms with Gasteiger partial charge >= 0.3 is 0 Å². The van der Waals surface area contributed by atoms with Gasteiger partial charge in [0, 0.05) is 11.9 Å². The third-order valence-corrected chi connectivity index (χ3v) is 4.69. The summed E-state index contributed by atoms with van der Waals surface area (Å²) in [7, 11) is 0. The highest BCUT2D eigenvalue weighted by Gasteiger charge is 2.18. The van der Waals surface area contributed by atoms with Crippen LogP contribution in [0.15, 0.2) is 47.3 Å². The second kappa shape index (κ2) is 7.77. The van der Waals surface area contributed by atoms with Crippen molar-refractivity contribution in [3.63, 3.8) is 0 Å². The van der Waals surface area contributed by atoms with Crippen molar-refractivity contribution >= 4 is 45.8 Å². The molecule has 2 N–H and O–H groups in total. The van der Waals surface area contributed by atoms with Crippen molar-refractivity contribution in [3.8, 4) is 0 Å². The van der Waals surface area contributed by atoms with Crippen molar-refractivity contribution < 1.29 is 9.59 Å². The summed E-state index contributed by atoms with van der Waals surface area (Å²) in [6, 6.07) is 11.2. The number of nitrogens with one attached hydrogen (secondary N) is 2. The Labute approximate surface area is 163 Å². The first-order chi connectivity index (χ1) is 12.9. The van der Waals surface area contributed by atoms with Gasteiger partial charge in [0.15, 0.2) is 5.69 Å². The van der Waals surface area contributed by atoms with E-state index in [1.165, 1.54) is 10.7 Å². The predicted molar refractivity (Wildman–Crippen MR) is 103 cm³/mol. The number of fused-ring (bicyclic) bond motifs is 1. The van der Waals surface area contributed by atoms with Crippen LogP contribution < -0.4 is 16.4 Å². The maximum absolute atomic E-state index is 12.6. The first-order valence-corrected chi connectivity index (χ1v) is 8.74. The number of aromatic nitrogens is 2. The number of hydrazine groups is 1. The van der Waals surface area contributed by atoms with Crippen LogP contribution >= 0.6 is 23.2 Å². The lowest BCUT2D eigenvalue weighted by Gasteiger charge is -2.11. The Hall–Kier alpha value is -2.90. The van der Waals surface area contributed by atoms with Gasteiger partial charge in [-0.1, -0.05) is 47.5 Å². The lowest BCUT2D eigenvalue weighted by molar-refractivity contribution is 0.0843. The van der Waals surface area contributed by atoms with E-state index >= 15 is 0 Å². The molecule has 2 amide bonds. The van der Waals surface area contributed by atoms with Gasteiger partial charge in [-0.25, -0.2) is 4.68 Å². The molecule has 0 fully saturated rings. The minimum absolute atomic E-state index is 0.0181. The molecule has 0 atom stereocenters. The molecular formula is C18H14Cl2N4O3. The minimum Gasteiger partial charge on any atom is -0.267 e. The SMILES string of the molecule is CCn1nc(C(=O)NNC(=O)c2cccc(Cl)c2Cl)c2ccccc2c1=O. The van der Waals surface area contributed by atoms with Gasteiger partial charge in [0.2, 0.25) is 0 Å². The molecule has 9 heteroatoms. The number of benzene rings is 2. The second-order valence-electron chi connectivity index (χ2n) is 5.52. The first kappa shape index (κ1) is 18.9. The average molecular weight is 405 g/mol. The van der Waals surface area contributed by atoms with Gasteiger partial charge in [-0.15, -0.1) is 0 Å². The van der Waals surface area contributed by atoms with Crippen molar-refractivity contribution in [1.29, 1.82) is 0 Å². The summed E-state index contributed by atoms with van der Waals surface area (Å²) in [6.45, 7) is 2.04. The Morgan fingerprint density at radius 3 is 2.37 bits per heavy atom. The number of halogens is 2. The third kappa shape index (κ3) is 3.65. The third-order valence-electron chi connectivity index (χ3n) is 3.87. The van der Waals surface area contributed by atoms with Crippen molar-refractivity contribution in [2.24, 2.45) is 0 Å². The van der Waals surface area contributed by atoms with Crippen LogP contribution in [-0.2, 0) is 6.54 Å². The Morgan fingerprint density at radius 1 is 1.00 bits per heavy atom. The molecule has 0 aliphatic rings. The smallest absolute Gasteiger partial charge is 0.267 e. The molecular weight excluding hydrogens is 391 g/mol. The number of carbonyl (C=O) groups is 2. The highest BCUT2D eigenvalue weighted by Crippen LogP contribution is 2.25. The van der Waals surface area contributed by atoms with E-state index in [4.69, 9.17) is 23.2 Å². The fraction of sp³-hybridized carbons (Fsp3) is 0.111. The van der Waals surface area contributed by atoms with Crippen LogP contribution in [0.1, 0.15) is 27.8 Å². The maximum atomic E-state index is 12.6. The van der Waals surface area contributed by atoms with E-state index in [-0.39, 0.29) is 26.9 Å². The molecule has 0 saturated carbocycles. The zero-order chi connectivity index (χ0) is 19.6. The van der Waals surface area contributed by atoms with Crippen molar-refractivity contribution in [1.82, 2.24) is 20.6 Å². The molecule has 3 aromatic rings. The molecule has 7 nitrogen and oxygen atoms in total. The summed E-state index contributed by atoms with van der Waals surface area (Å²) in [5, 5.41) is 5.15. The molecule has 0 aliphatic heterocycles. The fourth-order valence-electron chi connectivity index (χ4n) is 2.54. The molecule has 2 aromatic carbocycles. The summed E-state index contributed by atoms with van der Waals surface area (Å²) < 4.78 is 1.19. The van der Waals surface area contributed by atoms with E-state index in [0.29, 0.717) is 17.3 Å². The summed E-state index contributed by atoms with van der Waals surface area (Å²) in [6.07, 6.45) is 0. The lowest BCUT2D eigenvalue weighted by Crippen LogP contribution is -2.43. The molecule has 0 saturated heterocycles.